The van der Waals surface area contributed by atoms with Crippen molar-refractivity contribution in [2.24, 2.45) is 0 Å². The van der Waals surface area contributed by atoms with Crippen molar-refractivity contribution in [3.05, 3.63) is 89.2 Å². The smallest absolute Gasteiger partial charge is 0.270 e. The lowest BCUT2D eigenvalue weighted by Gasteiger charge is -2.15. The fourth-order valence-electron chi connectivity index (χ4n) is 3.94. The van der Waals surface area contributed by atoms with Gasteiger partial charge < -0.3 is 4.57 Å². The van der Waals surface area contributed by atoms with Gasteiger partial charge in [0.25, 0.3) is 10.0 Å². The van der Waals surface area contributed by atoms with Gasteiger partial charge in [-0.05, 0) is 23.3 Å². The van der Waals surface area contributed by atoms with Gasteiger partial charge in [-0.15, -0.1) is 0 Å². The van der Waals surface area contributed by atoms with E-state index < -0.39 is 19.9 Å². The molecule has 188 valence electrons. The standard InChI is InChI=1S/C25H19ClN4O5S2/c1-36(32,33)23-13-18(20-9-5-6-10-22(20)37(34,35)28-16-27)11-12-19(23)14-30-21(15-31)24(26)29-25(30)17-7-3-2-4-8-17/h2-13,15,28H,14H2,1H3. The van der Waals surface area contributed by atoms with Crippen LogP contribution in [-0.4, -0.2) is 38.9 Å². The van der Waals surface area contributed by atoms with Crippen LogP contribution < -0.4 is 4.72 Å². The summed E-state index contributed by atoms with van der Waals surface area (Å²) < 4.78 is 54.1. The molecule has 0 amide bonds. The molecule has 4 aromatic rings. The first kappa shape index (κ1) is 26.1. The summed E-state index contributed by atoms with van der Waals surface area (Å²) in [6.07, 6.45) is 3.00. The Kier molecular flexibility index (Phi) is 7.18. The highest BCUT2D eigenvalue weighted by Gasteiger charge is 2.23. The summed E-state index contributed by atoms with van der Waals surface area (Å²) in [6.45, 7) is -0.0450. The molecule has 4 rings (SSSR count). The molecule has 1 aromatic heterocycles. The molecule has 1 N–H and O–H groups in total. The number of hydrogen-bond acceptors (Lipinski definition) is 7. The Morgan fingerprint density at radius 3 is 2.30 bits per heavy atom. The molecule has 0 aliphatic carbocycles. The Labute approximate surface area is 218 Å². The molecular weight excluding hydrogens is 536 g/mol. The van der Waals surface area contributed by atoms with E-state index in [2.05, 4.69) is 4.98 Å². The normalized spacial score (nSPS) is 11.6. The number of hydrogen-bond donors (Lipinski definition) is 1. The number of aldehydes is 1. The minimum atomic E-state index is -4.17. The van der Waals surface area contributed by atoms with E-state index in [0.29, 0.717) is 28.8 Å². The van der Waals surface area contributed by atoms with E-state index in [-0.39, 0.29) is 32.7 Å². The summed E-state index contributed by atoms with van der Waals surface area (Å²) in [5.41, 5.74) is 1.63. The van der Waals surface area contributed by atoms with Crippen LogP contribution in [0.5, 0.6) is 0 Å². The third-order valence-electron chi connectivity index (χ3n) is 5.57. The van der Waals surface area contributed by atoms with Crippen molar-refractivity contribution < 1.29 is 21.6 Å². The molecule has 1 heterocycles. The zero-order chi connectivity index (χ0) is 26.8. The summed E-state index contributed by atoms with van der Waals surface area (Å²) in [6, 6.07) is 19.4. The van der Waals surface area contributed by atoms with E-state index in [1.165, 1.54) is 35.0 Å². The van der Waals surface area contributed by atoms with Crippen molar-refractivity contribution >= 4 is 37.7 Å². The van der Waals surface area contributed by atoms with Gasteiger partial charge in [-0.1, -0.05) is 72.3 Å². The van der Waals surface area contributed by atoms with Crippen molar-refractivity contribution in [3.8, 4) is 28.7 Å². The highest BCUT2D eigenvalue weighted by molar-refractivity contribution is 7.90. The predicted molar refractivity (Wildman–Crippen MR) is 138 cm³/mol. The van der Waals surface area contributed by atoms with Gasteiger partial charge in [-0.3, -0.25) is 4.79 Å². The minimum Gasteiger partial charge on any atom is -0.316 e. The number of sulfone groups is 1. The Morgan fingerprint density at radius 1 is 0.973 bits per heavy atom. The van der Waals surface area contributed by atoms with E-state index >= 15 is 0 Å². The topological polar surface area (TPSA) is 139 Å². The van der Waals surface area contributed by atoms with E-state index in [4.69, 9.17) is 16.9 Å². The van der Waals surface area contributed by atoms with Crippen LogP contribution in [0.15, 0.2) is 82.6 Å². The summed E-state index contributed by atoms with van der Waals surface area (Å²) in [7, 11) is -7.97. The van der Waals surface area contributed by atoms with Crippen molar-refractivity contribution in [3.63, 3.8) is 0 Å². The van der Waals surface area contributed by atoms with Gasteiger partial charge in [0, 0.05) is 17.4 Å². The zero-order valence-electron chi connectivity index (χ0n) is 19.3. The maximum absolute atomic E-state index is 12.8. The second kappa shape index (κ2) is 10.2. The number of nitrogens with one attached hydrogen (secondary N) is 1. The molecule has 12 heteroatoms. The van der Waals surface area contributed by atoms with Crippen molar-refractivity contribution in [1.82, 2.24) is 14.3 Å². The predicted octanol–water partition coefficient (Wildman–Crippen LogP) is 3.89. The Bertz CT molecular complexity index is 1760. The molecule has 0 atom stereocenters. The number of nitrogens with zero attached hydrogens (tertiary/aromatic N) is 3. The zero-order valence-corrected chi connectivity index (χ0v) is 21.7. The molecule has 0 unspecified atom stereocenters. The van der Waals surface area contributed by atoms with Crippen molar-refractivity contribution in [2.45, 2.75) is 16.3 Å². The first-order valence-corrected chi connectivity index (χ1v) is 14.4. The quantitative estimate of drug-likeness (QED) is 0.198. The third kappa shape index (κ3) is 5.27. The molecule has 0 aliphatic rings. The van der Waals surface area contributed by atoms with E-state index in [0.717, 1.165) is 6.26 Å². The van der Waals surface area contributed by atoms with Gasteiger partial charge >= 0.3 is 0 Å². The lowest BCUT2D eigenvalue weighted by Crippen LogP contribution is -2.19. The van der Waals surface area contributed by atoms with Gasteiger partial charge in [0.15, 0.2) is 27.5 Å². The average Bonchev–Trinajstić information content (AvgIpc) is 3.18. The minimum absolute atomic E-state index is 0.0181. The number of carbonyl (C=O) groups excluding carboxylic acids is 1. The summed E-state index contributed by atoms with van der Waals surface area (Å²) in [4.78, 5) is 15.9. The van der Waals surface area contributed by atoms with Crippen molar-refractivity contribution in [1.29, 1.82) is 5.26 Å². The first-order chi connectivity index (χ1) is 17.6. The molecule has 0 aliphatic heterocycles. The molecule has 0 fully saturated rings. The molecule has 0 saturated heterocycles. The van der Waals surface area contributed by atoms with Gasteiger partial charge in [0.1, 0.15) is 11.5 Å². The van der Waals surface area contributed by atoms with Gasteiger partial charge in [-0.2, -0.15) is 5.26 Å². The fourth-order valence-corrected chi connectivity index (χ4v) is 6.08. The average molecular weight is 555 g/mol. The number of sulfonamides is 1. The second-order valence-corrected chi connectivity index (χ2v) is 12.0. The van der Waals surface area contributed by atoms with Crippen LogP contribution in [0.1, 0.15) is 16.1 Å². The Hall–Kier alpha value is -3.98. The third-order valence-corrected chi connectivity index (χ3v) is 8.32. The number of halogens is 1. The highest BCUT2D eigenvalue weighted by atomic mass is 35.5. The second-order valence-electron chi connectivity index (χ2n) is 7.99. The number of rotatable bonds is 8. The van der Waals surface area contributed by atoms with Gasteiger partial charge in [0.2, 0.25) is 0 Å². The van der Waals surface area contributed by atoms with Crippen LogP contribution in [0.25, 0.3) is 22.5 Å². The van der Waals surface area contributed by atoms with Crippen LogP contribution in [-0.2, 0) is 26.4 Å². The number of carbonyl (C=O) groups is 1. The molecule has 0 radical (unpaired) electrons. The number of benzene rings is 3. The molecule has 0 bridgehead atoms. The molecule has 9 nitrogen and oxygen atoms in total. The summed E-state index contributed by atoms with van der Waals surface area (Å²) in [5.74, 6) is 0.384. The molecule has 0 saturated carbocycles. The maximum atomic E-state index is 12.8. The Balaban J connectivity index is 1.89. The highest BCUT2D eigenvalue weighted by Crippen LogP contribution is 2.32. The van der Waals surface area contributed by atoms with E-state index in [1.807, 2.05) is 6.07 Å². The molecule has 0 spiro atoms. The van der Waals surface area contributed by atoms with Crippen LogP contribution in [0.3, 0.4) is 0 Å². The lowest BCUT2D eigenvalue weighted by molar-refractivity contribution is 0.111. The number of aromatic nitrogens is 2. The Morgan fingerprint density at radius 2 is 1.65 bits per heavy atom. The van der Waals surface area contributed by atoms with Gasteiger partial charge in [0.05, 0.1) is 16.3 Å². The fraction of sp³-hybridized carbons (Fsp3) is 0.0800. The van der Waals surface area contributed by atoms with Crippen LogP contribution in [0, 0.1) is 11.5 Å². The van der Waals surface area contributed by atoms with Crippen molar-refractivity contribution in [2.75, 3.05) is 6.26 Å². The first-order valence-electron chi connectivity index (χ1n) is 10.7. The molecular formula is C25H19ClN4O5S2. The van der Waals surface area contributed by atoms with E-state index in [1.54, 1.807) is 47.2 Å². The summed E-state index contributed by atoms with van der Waals surface area (Å²) >= 11 is 6.22. The molecule has 3 aromatic carbocycles. The van der Waals surface area contributed by atoms with E-state index in [9.17, 15) is 21.6 Å². The van der Waals surface area contributed by atoms with Gasteiger partial charge in [-0.25, -0.2) is 26.5 Å². The van der Waals surface area contributed by atoms with Crippen LogP contribution in [0.2, 0.25) is 5.15 Å². The SMILES string of the molecule is CS(=O)(=O)c1cc(-c2ccccc2S(=O)(=O)NC#N)ccc1Cn1c(-c2ccccc2)nc(Cl)c1C=O. The lowest BCUT2D eigenvalue weighted by atomic mass is 10.0. The summed E-state index contributed by atoms with van der Waals surface area (Å²) in [5, 5.41) is 8.82. The number of nitriles is 1. The van der Waals surface area contributed by atoms with Crippen LogP contribution in [0.4, 0.5) is 0 Å². The number of imidazole rings is 1. The largest absolute Gasteiger partial charge is 0.316 e. The maximum Gasteiger partial charge on any atom is 0.270 e. The monoisotopic (exact) mass is 554 g/mol. The molecule has 37 heavy (non-hydrogen) atoms. The van der Waals surface area contributed by atoms with Crippen LogP contribution >= 0.6 is 11.6 Å².